The van der Waals surface area contributed by atoms with Crippen LogP contribution in [-0.4, -0.2) is 36.1 Å². The molecular weight excluding hydrogens is 454 g/mol. The summed E-state index contributed by atoms with van der Waals surface area (Å²) in [4.78, 5) is 15.1. The first-order valence-electron chi connectivity index (χ1n) is 15.5. The van der Waals surface area contributed by atoms with Crippen molar-refractivity contribution in [2.45, 2.75) is 110 Å². The minimum absolute atomic E-state index is 0.0670. The molecule has 37 heavy (non-hydrogen) atoms. The monoisotopic (exact) mass is 503 g/mol. The first kappa shape index (κ1) is 25.7. The minimum atomic E-state index is -0.129. The molecule has 8 atom stereocenters. The van der Waals surface area contributed by atoms with Gasteiger partial charge in [-0.25, -0.2) is 0 Å². The highest BCUT2D eigenvalue weighted by molar-refractivity contribution is 5.67. The van der Waals surface area contributed by atoms with Crippen LogP contribution in [0.25, 0.3) is 6.08 Å². The SMILES string of the molecule is CC(=O)O[C@H]1/C(=C/c2ccc(C)cc2)C[C@H]2[C@@H]3CC[C@H]4C[C@@H](N5CCCCC5)CC[C@]4(C)[C@H]3CC[C@]12C. The molecule has 5 aliphatic rings. The van der Waals surface area contributed by atoms with Crippen molar-refractivity contribution in [2.75, 3.05) is 13.1 Å². The highest BCUT2D eigenvalue weighted by Crippen LogP contribution is 2.67. The van der Waals surface area contributed by atoms with E-state index in [0.29, 0.717) is 11.3 Å². The number of aryl methyl sites for hydroxylation is 1. The molecule has 4 aliphatic carbocycles. The Balaban J connectivity index is 1.25. The van der Waals surface area contributed by atoms with Crippen LogP contribution < -0.4 is 0 Å². The molecule has 1 aromatic carbocycles. The van der Waals surface area contributed by atoms with E-state index in [2.05, 4.69) is 56.0 Å². The third-order valence-corrected chi connectivity index (χ3v) is 12.1. The minimum Gasteiger partial charge on any atom is -0.457 e. The Bertz CT molecular complexity index is 1020. The Kier molecular flexibility index (Phi) is 6.83. The van der Waals surface area contributed by atoms with Gasteiger partial charge in [0.15, 0.2) is 0 Å². The molecule has 3 heteroatoms. The fourth-order valence-electron chi connectivity index (χ4n) is 10.1. The average Bonchev–Trinajstić information content (AvgIpc) is 3.16. The van der Waals surface area contributed by atoms with E-state index in [4.69, 9.17) is 4.74 Å². The molecule has 1 aliphatic heterocycles. The topological polar surface area (TPSA) is 29.5 Å². The fraction of sp³-hybridized carbons (Fsp3) is 0.735. The second kappa shape index (κ2) is 9.85. The summed E-state index contributed by atoms with van der Waals surface area (Å²) in [5.74, 6) is 3.00. The van der Waals surface area contributed by atoms with Gasteiger partial charge in [-0.2, -0.15) is 0 Å². The van der Waals surface area contributed by atoms with Crippen molar-refractivity contribution in [1.29, 1.82) is 0 Å². The van der Waals surface area contributed by atoms with E-state index < -0.39 is 0 Å². The van der Waals surface area contributed by atoms with Crippen LogP contribution in [0.1, 0.15) is 103 Å². The van der Waals surface area contributed by atoms with Crippen LogP contribution in [0.4, 0.5) is 0 Å². The number of piperidine rings is 1. The van der Waals surface area contributed by atoms with E-state index in [-0.39, 0.29) is 17.5 Å². The molecule has 0 bridgehead atoms. The van der Waals surface area contributed by atoms with Crippen molar-refractivity contribution >= 4 is 12.0 Å². The van der Waals surface area contributed by atoms with Crippen molar-refractivity contribution in [2.24, 2.45) is 34.5 Å². The summed E-state index contributed by atoms with van der Waals surface area (Å²) >= 11 is 0. The summed E-state index contributed by atoms with van der Waals surface area (Å²) in [6.07, 6.45) is 17.2. The van der Waals surface area contributed by atoms with E-state index in [1.807, 2.05) is 0 Å². The van der Waals surface area contributed by atoms with Crippen molar-refractivity contribution in [1.82, 2.24) is 4.90 Å². The number of esters is 1. The zero-order chi connectivity index (χ0) is 25.8. The summed E-state index contributed by atoms with van der Waals surface area (Å²) in [5, 5.41) is 0. The van der Waals surface area contributed by atoms with E-state index in [0.717, 1.165) is 30.2 Å². The third kappa shape index (κ3) is 4.52. The Hall–Kier alpha value is -1.61. The lowest BCUT2D eigenvalue weighted by molar-refractivity contribution is -0.160. The molecule has 202 valence electrons. The highest BCUT2D eigenvalue weighted by atomic mass is 16.5. The average molecular weight is 504 g/mol. The standard InChI is InChI=1S/C34H49NO2/c1-23-8-10-25(11-9-23)20-26-21-31-29-13-12-27-22-28(35-18-6-5-7-19-35)14-16-33(27,3)30(29)15-17-34(31,4)32(26)37-24(2)36/h8-11,20,27-32H,5-7,12-19,21-22H2,1-4H3/b26-20+/t27-,28-,29+,30-,31-,32-,33-,34-/m0/s1. The number of nitrogens with zero attached hydrogens (tertiary/aromatic N) is 1. The predicted octanol–water partition coefficient (Wildman–Crippen LogP) is 7.82. The smallest absolute Gasteiger partial charge is 0.303 e. The molecular formula is C34H49NO2. The number of hydrogen-bond acceptors (Lipinski definition) is 3. The molecule has 4 saturated carbocycles. The molecule has 0 spiro atoms. The molecule has 1 heterocycles. The highest BCUT2D eigenvalue weighted by Gasteiger charge is 2.62. The van der Waals surface area contributed by atoms with Crippen molar-refractivity contribution in [3.63, 3.8) is 0 Å². The maximum absolute atomic E-state index is 12.3. The van der Waals surface area contributed by atoms with Crippen molar-refractivity contribution in [3.8, 4) is 0 Å². The van der Waals surface area contributed by atoms with Gasteiger partial charge in [0.1, 0.15) is 6.10 Å². The number of carbonyl (C=O) groups excluding carboxylic acids is 1. The molecule has 1 aromatic rings. The van der Waals surface area contributed by atoms with Crippen molar-refractivity contribution < 1.29 is 9.53 Å². The normalized spacial score (nSPS) is 43.1. The van der Waals surface area contributed by atoms with E-state index >= 15 is 0 Å². The number of benzene rings is 1. The van der Waals surface area contributed by atoms with Gasteiger partial charge in [-0.05, 0) is 124 Å². The van der Waals surface area contributed by atoms with Crippen LogP contribution in [-0.2, 0) is 9.53 Å². The first-order chi connectivity index (χ1) is 17.8. The summed E-state index contributed by atoms with van der Waals surface area (Å²) in [7, 11) is 0. The van der Waals surface area contributed by atoms with Gasteiger partial charge in [0.2, 0.25) is 0 Å². The maximum Gasteiger partial charge on any atom is 0.303 e. The van der Waals surface area contributed by atoms with Crippen LogP contribution in [0.5, 0.6) is 0 Å². The van der Waals surface area contributed by atoms with E-state index in [1.165, 1.54) is 94.0 Å². The zero-order valence-electron chi connectivity index (χ0n) is 23.8. The quantitative estimate of drug-likeness (QED) is 0.394. The van der Waals surface area contributed by atoms with Crippen LogP contribution in [0.2, 0.25) is 0 Å². The maximum atomic E-state index is 12.3. The van der Waals surface area contributed by atoms with Crippen LogP contribution in [0.3, 0.4) is 0 Å². The number of hydrogen-bond donors (Lipinski definition) is 0. The van der Waals surface area contributed by atoms with Gasteiger partial charge in [0.05, 0.1) is 0 Å². The Morgan fingerprint density at radius 1 is 0.946 bits per heavy atom. The lowest BCUT2D eigenvalue weighted by Crippen LogP contribution is -2.56. The Labute approximate surface area is 225 Å². The first-order valence-corrected chi connectivity index (χ1v) is 15.5. The van der Waals surface area contributed by atoms with Crippen LogP contribution in [0.15, 0.2) is 29.8 Å². The van der Waals surface area contributed by atoms with Gasteiger partial charge in [-0.3, -0.25) is 4.79 Å². The molecule has 0 amide bonds. The molecule has 6 rings (SSSR count). The zero-order valence-corrected chi connectivity index (χ0v) is 23.8. The number of ether oxygens (including phenoxy) is 1. The van der Waals surface area contributed by atoms with E-state index in [9.17, 15) is 4.79 Å². The number of likely N-dealkylation sites (tertiary alicyclic amines) is 1. The van der Waals surface area contributed by atoms with Gasteiger partial charge < -0.3 is 9.64 Å². The molecule has 0 N–H and O–H groups in total. The van der Waals surface area contributed by atoms with Gasteiger partial charge in [0.25, 0.3) is 0 Å². The number of fused-ring (bicyclic) bond motifs is 5. The fourth-order valence-corrected chi connectivity index (χ4v) is 10.1. The molecule has 0 unspecified atom stereocenters. The molecule has 0 aromatic heterocycles. The van der Waals surface area contributed by atoms with Gasteiger partial charge >= 0.3 is 5.97 Å². The van der Waals surface area contributed by atoms with Gasteiger partial charge in [-0.1, -0.05) is 56.2 Å². The van der Waals surface area contributed by atoms with Crippen LogP contribution in [0, 0.1) is 41.4 Å². The summed E-state index contributed by atoms with van der Waals surface area (Å²) < 4.78 is 6.17. The van der Waals surface area contributed by atoms with Crippen molar-refractivity contribution in [3.05, 3.63) is 41.0 Å². The second-order valence-corrected chi connectivity index (χ2v) is 14.0. The second-order valence-electron chi connectivity index (χ2n) is 14.0. The molecule has 3 nitrogen and oxygen atoms in total. The lowest BCUT2D eigenvalue weighted by Gasteiger charge is -2.61. The Morgan fingerprint density at radius 2 is 1.68 bits per heavy atom. The number of rotatable bonds is 3. The summed E-state index contributed by atoms with van der Waals surface area (Å²) in [5.41, 5.74) is 4.44. The van der Waals surface area contributed by atoms with Gasteiger partial charge in [0, 0.05) is 18.4 Å². The molecule has 1 saturated heterocycles. The number of carbonyl (C=O) groups is 1. The largest absolute Gasteiger partial charge is 0.457 e. The predicted molar refractivity (Wildman–Crippen MR) is 151 cm³/mol. The van der Waals surface area contributed by atoms with Crippen LogP contribution >= 0.6 is 0 Å². The molecule has 0 radical (unpaired) electrons. The van der Waals surface area contributed by atoms with Gasteiger partial charge in [-0.15, -0.1) is 0 Å². The summed E-state index contributed by atoms with van der Waals surface area (Å²) in [6, 6.07) is 9.65. The Morgan fingerprint density at radius 3 is 2.41 bits per heavy atom. The summed E-state index contributed by atoms with van der Waals surface area (Å²) in [6.45, 7) is 11.6. The third-order valence-electron chi connectivity index (χ3n) is 12.1. The lowest BCUT2D eigenvalue weighted by atomic mass is 9.45. The molecule has 5 fully saturated rings. The van der Waals surface area contributed by atoms with E-state index in [1.54, 1.807) is 6.92 Å².